The molecule has 0 radical (unpaired) electrons. The third-order valence-corrected chi connectivity index (χ3v) is 4.82. The lowest BCUT2D eigenvalue weighted by Gasteiger charge is -2.24. The molecule has 3 rings (SSSR count). The van der Waals surface area contributed by atoms with Gasteiger partial charge in [-0.1, -0.05) is 18.2 Å². The van der Waals surface area contributed by atoms with Gasteiger partial charge in [0.1, 0.15) is 11.5 Å². The van der Waals surface area contributed by atoms with Crippen molar-refractivity contribution in [1.29, 1.82) is 0 Å². The molecule has 0 heterocycles. The maximum absolute atomic E-state index is 13.2. The summed E-state index contributed by atoms with van der Waals surface area (Å²) in [6.45, 7) is 2.97. The van der Waals surface area contributed by atoms with E-state index in [9.17, 15) is 4.79 Å². The monoisotopic (exact) mass is 419 g/mol. The van der Waals surface area contributed by atoms with Crippen LogP contribution in [0.1, 0.15) is 12.5 Å². The van der Waals surface area contributed by atoms with Crippen LogP contribution in [0, 0.1) is 0 Å². The maximum Gasteiger partial charge on any atom is 0.326 e. The van der Waals surface area contributed by atoms with Gasteiger partial charge in [-0.05, 0) is 61.0 Å². The van der Waals surface area contributed by atoms with Crippen molar-refractivity contribution in [3.63, 3.8) is 0 Å². The fourth-order valence-electron chi connectivity index (χ4n) is 3.14. The summed E-state index contributed by atoms with van der Waals surface area (Å²) in [5.41, 5.74) is 3.58. The van der Waals surface area contributed by atoms with Crippen LogP contribution in [0.2, 0.25) is 0 Å². The first-order chi connectivity index (χ1) is 15.0. The number of carbonyl (C=O) groups is 1. The van der Waals surface area contributed by atoms with Gasteiger partial charge < -0.3 is 19.7 Å². The van der Waals surface area contributed by atoms with Crippen molar-refractivity contribution in [2.24, 2.45) is 0 Å². The highest BCUT2D eigenvalue weighted by Crippen LogP contribution is 2.24. The molecule has 2 amide bonds. The number of ether oxygens (including phenoxy) is 2. The highest BCUT2D eigenvalue weighted by molar-refractivity contribution is 6.01. The molecule has 0 aliphatic rings. The summed E-state index contributed by atoms with van der Waals surface area (Å²) in [5.74, 6) is 1.46. The quantitative estimate of drug-likeness (QED) is 0.531. The van der Waals surface area contributed by atoms with E-state index in [0.717, 1.165) is 22.7 Å². The second-order valence-electron chi connectivity index (χ2n) is 7.24. The van der Waals surface area contributed by atoms with Crippen LogP contribution in [0.5, 0.6) is 11.5 Å². The Balaban J connectivity index is 1.86. The van der Waals surface area contributed by atoms with Crippen molar-refractivity contribution in [3.05, 3.63) is 78.4 Å². The minimum absolute atomic E-state index is 0.228. The van der Waals surface area contributed by atoms with Crippen LogP contribution >= 0.6 is 0 Å². The molecule has 0 atom stereocenters. The molecule has 0 aliphatic carbocycles. The molecule has 0 unspecified atom stereocenters. The van der Waals surface area contributed by atoms with Gasteiger partial charge in [0, 0.05) is 37.2 Å². The van der Waals surface area contributed by atoms with E-state index in [1.807, 2.05) is 92.6 Å². The number of rotatable bonds is 8. The van der Waals surface area contributed by atoms with Crippen LogP contribution in [0.15, 0.2) is 72.8 Å². The molecule has 0 saturated heterocycles. The van der Waals surface area contributed by atoms with Gasteiger partial charge in [0.25, 0.3) is 0 Å². The van der Waals surface area contributed by atoms with Crippen molar-refractivity contribution in [3.8, 4) is 11.5 Å². The van der Waals surface area contributed by atoms with E-state index in [1.54, 1.807) is 18.1 Å². The van der Waals surface area contributed by atoms with Crippen molar-refractivity contribution < 1.29 is 14.3 Å². The lowest BCUT2D eigenvalue weighted by atomic mass is 10.1. The molecular formula is C25H29N3O3. The van der Waals surface area contributed by atoms with Crippen LogP contribution in [0.4, 0.5) is 21.9 Å². The zero-order valence-electron chi connectivity index (χ0n) is 18.5. The normalized spacial score (nSPS) is 10.3. The Morgan fingerprint density at radius 2 is 1.58 bits per heavy atom. The van der Waals surface area contributed by atoms with Gasteiger partial charge in [0.2, 0.25) is 0 Å². The molecule has 162 valence electrons. The molecule has 0 bridgehead atoms. The Kier molecular flexibility index (Phi) is 7.38. The lowest BCUT2D eigenvalue weighted by molar-refractivity contribution is 0.256. The van der Waals surface area contributed by atoms with E-state index in [4.69, 9.17) is 9.47 Å². The van der Waals surface area contributed by atoms with E-state index in [-0.39, 0.29) is 6.03 Å². The van der Waals surface area contributed by atoms with Crippen LogP contribution in [-0.4, -0.2) is 33.8 Å². The molecule has 0 aromatic heterocycles. The van der Waals surface area contributed by atoms with Gasteiger partial charge in [-0.15, -0.1) is 0 Å². The number of amides is 2. The van der Waals surface area contributed by atoms with Crippen molar-refractivity contribution in [1.82, 2.24) is 0 Å². The molecular weight excluding hydrogens is 390 g/mol. The summed E-state index contributed by atoms with van der Waals surface area (Å²) in [7, 11) is 5.61. The predicted octanol–water partition coefficient (Wildman–Crippen LogP) is 5.40. The Morgan fingerprint density at radius 1 is 0.903 bits per heavy atom. The Bertz CT molecular complexity index is 986. The summed E-state index contributed by atoms with van der Waals surface area (Å²) in [5, 5.41) is 2.97. The molecule has 31 heavy (non-hydrogen) atoms. The fraction of sp³-hybridized carbons (Fsp3) is 0.240. The zero-order chi connectivity index (χ0) is 22.2. The largest absolute Gasteiger partial charge is 0.497 e. The number of anilines is 3. The minimum atomic E-state index is -0.228. The van der Waals surface area contributed by atoms with Crippen molar-refractivity contribution >= 4 is 23.1 Å². The summed E-state index contributed by atoms with van der Waals surface area (Å²) in [4.78, 5) is 17.0. The van der Waals surface area contributed by atoms with E-state index in [0.29, 0.717) is 24.6 Å². The predicted molar refractivity (Wildman–Crippen MR) is 127 cm³/mol. The van der Waals surface area contributed by atoms with Crippen LogP contribution in [-0.2, 0) is 6.54 Å². The number of benzene rings is 3. The van der Waals surface area contributed by atoms with E-state index < -0.39 is 0 Å². The van der Waals surface area contributed by atoms with Gasteiger partial charge in [-0.25, -0.2) is 4.79 Å². The van der Waals surface area contributed by atoms with Gasteiger partial charge in [-0.2, -0.15) is 0 Å². The molecule has 0 fully saturated rings. The van der Waals surface area contributed by atoms with Crippen LogP contribution in [0.25, 0.3) is 0 Å². The Hall–Kier alpha value is -3.67. The minimum Gasteiger partial charge on any atom is -0.497 e. The molecule has 6 heteroatoms. The highest BCUT2D eigenvalue weighted by atomic mass is 16.5. The second-order valence-corrected chi connectivity index (χ2v) is 7.24. The molecule has 1 N–H and O–H groups in total. The van der Waals surface area contributed by atoms with Crippen molar-refractivity contribution in [2.75, 3.05) is 42.9 Å². The first kappa shape index (κ1) is 22.0. The number of methoxy groups -OCH3 is 1. The first-order valence-electron chi connectivity index (χ1n) is 10.2. The number of hydrogen-bond acceptors (Lipinski definition) is 4. The average molecular weight is 420 g/mol. The number of nitrogens with one attached hydrogen (secondary N) is 1. The number of nitrogens with zero attached hydrogens (tertiary/aromatic N) is 2. The average Bonchev–Trinajstić information content (AvgIpc) is 2.78. The fourth-order valence-corrected chi connectivity index (χ4v) is 3.14. The Labute approximate surface area is 184 Å². The second kappa shape index (κ2) is 10.4. The molecule has 3 aromatic carbocycles. The van der Waals surface area contributed by atoms with E-state index in [2.05, 4.69) is 5.32 Å². The van der Waals surface area contributed by atoms with E-state index in [1.165, 1.54) is 0 Å². The maximum atomic E-state index is 13.2. The Morgan fingerprint density at radius 3 is 2.19 bits per heavy atom. The van der Waals surface area contributed by atoms with Gasteiger partial charge in [0.15, 0.2) is 0 Å². The third kappa shape index (κ3) is 5.92. The summed E-state index contributed by atoms with van der Waals surface area (Å²) in [6, 6.07) is 22.8. The summed E-state index contributed by atoms with van der Waals surface area (Å²) in [6.07, 6.45) is 0. The molecule has 6 nitrogen and oxygen atoms in total. The summed E-state index contributed by atoms with van der Waals surface area (Å²) < 4.78 is 10.8. The number of hydrogen-bond donors (Lipinski definition) is 1. The standard InChI is InChI=1S/C25H29N3O3/c1-5-31-23-15-13-22(14-16-23)28(18-19-9-11-21(12-10-19)27(2)3)25(29)26-20-7-6-8-24(17-20)30-4/h6-17H,5,18H2,1-4H3,(H,26,29). The topological polar surface area (TPSA) is 54.0 Å². The zero-order valence-corrected chi connectivity index (χ0v) is 18.5. The number of carbonyl (C=O) groups excluding carboxylic acids is 1. The molecule has 0 saturated carbocycles. The van der Waals surface area contributed by atoms with Crippen molar-refractivity contribution in [2.45, 2.75) is 13.5 Å². The number of urea groups is 1. The first-order valence-corrected chi connectivity index (χ1v) is 10.2. The van der Waals surface area contributed by atoms with E-state index >= 15 is 0 Å². The third-order valence-electron chi connectivity index (χ3n) is 4.82. The highest BCUT2D eigenvalue weighted by Gasteiger charge is 2.17. The van der Waals surface area contributed by atoms with Crippen LogP contribution in [0.3, 0.4) is 0 Å². The van der Waals surface area contributed by atoms with Gasteiger partial charge in [0.05, 0.1) is 20.3 Å². The molecule has 0 aliphatic heterocycles. The van der Waals surface area contributed by atoms with Gasteiger partial charge in [-0.3, -0.25) is 4.90 Å². The van der Waals surface area contributed by atoms with Crippen LogP contribution < -0.4 is 24.6 Å². The molecule has 0 spiro atoms. The smallest absolute Gasteiger partial charge is 0.326 e. The summed E-state index contributed by atoms with van der Waals surface area (Å²) >= 11 is 0. The SMILES string of the molecule is CCOc1ccc(N(Cc2ccc(N(C)C)cc2)C(=O)Nc2cccc(OC)c2)cc1. The molecule has 3 aromatic rings. The van der Waals surface area contributed by atoms with Gasteiger partial charge >= 0.3 is 6.03 Å². The lowest BCUT2D eigenvalue weighted by Crippen LogP contribution is -2.34.